The Morgan fingerprint density at radius 3 is 2.39 bits per heavy atom. The number of anilines is 1. The van der Waals surface area contributed by atoms with Crippen LogP contribution in [-0.4, -0.2) is 58.9 Å². The highest BCUT2D eigenvalue weighted by molar-refractivity contribution is 6.30. The van der Waals surface area contributed by atoms with Gasteiger partial charge < -0.3 is 20.4 Å². The van der Waals surface area contributed by atoms with Crippen LogP contribution in [0.4, 0.5) is 23.4 Å². The molecule has 11 heteroatoms. The van der Waals surface area contributed by atoms with Gasteiger partial charge in [0.1, 0.15) is 23.3 Å². The van der Waals surface area contributed by atoms with Crippen molar-refractivity contribution in [3.05, 3.63) is 77.0 Å². The van der Waals surface area contributed by atoms with Crippen LogP contribution in [0.3, 0.4) is 0 Å². The van der Waals surface area contributed by atoms with E-state index in [2.05, 4.69) is 30.3 Å². The molecule has 0 amide bonds. The minimum Gasteiger partial charge on any atom is -0.398 e. The second-order valence-corrected chi connectivity index (χ2v) is 10.1. The quantitative estimate of drug-likeness (QED) is 0.291. The number of likely N-dealkylation sites (tertiary alicyclic amines) is 1. The van der Waals surface area contributed by atoms with Crippen LogP contribution in [0.5, 0.6) is 0 Å². The highest BCUT2D eigenvalue weighted by Crippen LogP contribution is 2.35. The minimum atomic E-state index is -4.50. The SMILES string of the molecule is C=C(N=C(/C=C(\N)c1ccc(F)c(Cl)c1)N1CCN(c2ncccc2C(F)(F)F)CC1)N1C(C)CCC1C. The molecule has 1 aromatic carbocycles. The lowest BCUT2D eigenvalue weighted by atomic mass is 10.1. The molecule has 2 aliphatic heterocycles. The molecular formula is C27H31ClF4N6. The summed E-state index contributed by atoms with van der Waals surface area (Å²) < 4.78 is 54.4. The summed E-state index contributed by atoms with van der Waals surface area (Å²) in [7, 11) is 0. The number of halogens is 5. The van der Waals surface area contributed by atoms with Gasteiger partial charge in [0.25, 0.3) is 0 Å². The van der Waals surface area contributed by atoms with Crippen molar-refractivity contribution in [2.45, 2.75) is 44.9 Å². The Kier molecular flexibility index (Phi) is 8.20. The van der Waals surface area contributed by atoms with Crippen molar-refractivity contribution in [1.29, 1.82) is 0 Å². The molecule has 2 atom stereocenters. The normalized spacial score (nSPS) is 21.3. The van der Waals surface area contributed by atoms with Crippen LogP contribution in [-0.2, 0) is 6.18 Å². The first-order valence-corrected chi connectivity index (χ1v) is 12.8. The molecule has 2 N–H and O–H groups in total. The molecule has 1 aromatic heterocycles. The number of benzene rings is 1. The first-order chi connectivity index (χ1) is 18.0. The predicted molar refractivity (Wildman–Crippen MR) is 143 cm³/mol. The Labute approximate surface area is 225 Å². The molecule has 0 aliphatic carbocycles. The molecule has 6 nitrogen and oxygen atoms in total. The fraction of sp³-hybridized carbons (Fsp3) is 0.407. The number of aliphatic imine (C=N–C) groups is 1. The van der Waals surface area contributed by atoms with Crippen molar-refractivity contribution in [1.82, 2.24) is 14.8 Å². The van der Waals surface area contributed by atoms with E-state index >= 15 is 0 Å². The van der Waals surface area contributed by atoms with E-state index in [-0.39, 0.29) is 22.9 Å². The molecule has 2 aliphatic rings. The van der Waals surface area contributed by atoms with Gasteiger partial charge in [-0.2, -0.15) is 13.2 Å². The summed E-state index contributed by atoms with van der Waals surface area (Å²) in [5.41, 5.74) is 6.47. The fourth-order valence-electron chi connectivity index (χ4n) is 5.00. The van der Waals surface area contributed by atoms with E-state index < -0.39 is 17.6 Å². The third-order valence-electron chi connectivity index (χ3n) is 7.03. The third kappa shape index (κ3) is 6.06. The van der Waals surface area contributed by atoms with Crippen molar-refractivity contribution in [3.63, 3.8) is 0 Å². The molecule has 204 valence electrons. The largest absolute Gasteiger partial charge is 0.419 e. The molecule has 2 unspecified atom stereocenters. The molecule has 2 saturated heterocycles. The molecular weight excluding hydrogens is 520 g/mol. The van der Waals surface area contributed by atoms with Gasteiger partial charge in [0, 0.05) is 56.2 Å². The number of piperazine rings is 1. The number of aromatic nitrogens is 1. The number of amidine groups is 1. The Bertz CT molecular complexity index is 1230. The van der Waals surface area contributed by atoms with Crippen LogP contribution >= 0.6 is 11.6 Å². The van der Waals surface area contributed by atoms with Crippen molar-refractivity contribution in [2.24, 2.45) is 10.7 Å². The van der Waals surface area contributed by atoms with E-state index in [4.69, 9.17) is 22.3 Å². The summed E-state index contributed by atoms with van der Waals surface area (Å²) in [5, 5.41) is -0.0501. The molecule has 38 heavy (non-hydrogen) atoms. The third-order valence-corrected chi connectivity index (χ3v) is 7.32. The van der Waals surface area contributed by atoms with Gasteiger partial charge in [-0.05, 0) is 62.6 Å². The average molecular weight is 551 g/mol. The zero-order chi connectivity index (χ0) is 27.6. The summed E-state index contributed by atoms with van der Waals surface area (Å²) >= 11 is 5.95. The summed E-state index contributed by atoms with van der Waals surface area (Å²) in [4.78, 5) is 14.6. The monoisotopic (exact) mass is 550 g/mol. The van der Waals surface area contributed by atoms with Crippen LogP contribution in [0.2, 0.25) is 5.02 Å². The number of alkyl halides is 3. The van der Waals surface area contributed by atoms with E-state index in [1.54, 1.807) is 11.0 Å². The Morgan fingerprint density at radius 1 is 1.13 bits per heavy atom. The van der Waals surface area contributed by atoms with Crippen LogP contribution in [0.15, 0.2) is 60.0 Å². The van der Waals surface area contributed by atoms with E-state index in [9.17, 15) is 17.6 Å². The average Bonchev–Trinajstić information content (AvgIpc) is 3.22. The minimum absolute atomic E-state index is 0.0501. The molecule has 0 radical (unpaired) electrons. The maximum atomic E-state index is 13.7. The first kappa shape index (κ1) is 27.8. The first-order valence-electron chi connectivity index (χ1n) is 12.5. The number of nitrogens with two attached hydrogens (primary N) is 1. The van der Waals surface area contributed by atoms with Gasteiger partial charge in [0.2, 0.25) is 0 Å². The van der Waals surface area contributed by atoms with Gasteiger partial charge >= 0.3 is 6.18 Å². The molecule has 2 aromatic rings. The smallest absolute Gasteiger partial charge is 0.398 e. The van der Waals surface area contributed by atoms with Crippen LogP contribution in [0.1, 0.15) is 37.8 Å². The van der Waals surface area contributed by atoms with Crippen LogP contribution in [0, 0.1) is 5.82 Å². The second-order valence-electron chi connectivity index (χ2n) is 9.64. The highest BCUT2D eigenvalue weighted by Gasteiger charge is 2.36. The zero-order valence-corrected chi connectivity index (χ0v) is 22.1. The predicted octanol–water partition coefficient (Wildman–Crippen LogP) is 5.76. The molecule has 4 rings (SSSR count). The fourth-order valence-corrected chi connectivity index (χ4v) is 5.18. The molecule has 2 fully saturated rings. The van der Waals surface area contributed by atoms with Gasteiger partial charge in [0.15, 0.2) is 0 Å². The topological polar surface area (TPSA) is 61.0 Å². The van der Waals surface area contributed by atoms with E-state index in [1.807, 2.05) is 4.90 Å². The summed E-state index contributed by atoms with van der Waals surface area (Å²) in [6.45, 7) is 9.84. The van der Waals surface area contributed by atoms with E-state index in [0.29, 0.717) is 49.1 Å². The summed E-state index contributed by atoms with van der Waals surface area (Å²) in [6.07, 6.45) is 0.603. The number of nitrogens with zero attached hydrogens (tertiary/aromatic N) is 5. The number of pyridine rings is 1. The van der Waals surface area contributed by atoms with Crippen LogP contribution in [0.25, 0.3) is 5.70 Å². The van der Waals surface area contributed by atoms with Gasteiger partial charge in [-0.15, -0.1) is 0 Å². The molecule has 0 saturated carbocycles. The highest BCUT2D eigenvalue weighted by atomic mass is 35.5. The van der Waals surface area contributed by atoms with E-state index in [0.717, 1.165) is 18.9 Å². The Balaban J connectivity index is 1.62. The number of hydrogen-bond donors (Lipinski definition) is 1. The van der Waals surface area contributed by atoms with Gasteiger partial charge in [-0.25, -0.2) is 14.4 Å². The maximum absolute atomic E-state index is 13.7. The second kappa shape index (κ2) is 11.2. The van der Waals surface area contributed by atoms with Crippen LogP contribution < -0.4 is 10.6 Å². The lowest BCUT2D eigenvalue weighted by Gasteiger charge is -2.38. The van der Waals surface area contributed by atoms with Gasteiger partial charge in [0.05, 0.1) is 10.6 Å². The van der Waals surface area contributed by atoms with E-state index in [1.165, 1.54) is 30.5 Å². The van der Waals surface area contributed by atoms with Crippen molar-refractivity contribution in [2.75, 3.05) is 31.1 Å². The van der Waals surface area contributed by atoms with Crippen molar-refractivity contribution in [3.8, 4) is 0 Å². The number of rotatable bonds is 5. The van der Waals surface area contributed by atoms with Gasteiger partial charge in [-0.1, -0.05) is 18.2 Å². The summed E-state index contributed by atoms with van der Waals surface area (Å²) in [5.74, 6) is 0.478. The van der Waals surface area contributed by atoms with Crippen molar-refractivity contribution >= 4 is 29.0 Å². The zero-order valence-electron chi connectivity index (χ0n) is 21.3. The Morgan fingerprint density at radius 2 is 1.79 bits per heavy atom. The molecule has 0 spiro atoms. The maximum Gasteiger partial charge on any atom is 0.419 e. The standard InChI is InChI=1S/C27H31ClF4N6/c1-17-6-7-18(2)38(17)19(3)35-25(16-24(33)20-8-9-23(29)22(28)15-20)36-11-13-37(14-12-36)26-21(27(30,31)32)5-4-10-34-26/h4-5,8-10,15-18H,3,6-7,11-14,33H2,1-2H3/b24-16-,35-25?. The summed E-state index contributed by atoms with van der Waals surface area (Å²) in [6, 6.07) is 7.10. The number of hydrogen-bond acceptors (Lipinski definition) is 5. The Hall–Kier alpha value is -3.27. The molecule has 0 bridgehead atoms. The van der Waals surface area contributed by atoms with Crippen molar-refractivity contribution < 1.29 is 17.6 Å². The lowest BCUT2D eigenvalue weighted by Crippen LogP contribution is -2.49. The lowest BCUT2D eigenvalue weighted by molar-refractivity contribution is -0.137. The van der Waals surface area contributed by atoms with Gasteiger partial charge in [-0.3, -0.25) is 0 Å². The molecule has 3 heterocycles.